The summed E-state index contributed by atoms with van der Waals surface area (Å²) in [4.78, 5) is 2.02. The van der Waals surface area contributed by atoms with Crippen molar-refractivity contribution >= 4 is 27.3 Å². The summed E-state index contributed by atoms with van der Waals surface area (Å²) in [5, 5.41) is 10.0. The SMILES string of the molecule is Cc1ccc(C(O)Cc2cc(Br)ccc2F)s1. The first-order valence-corrected chi connectivity index (χ1v) is 6.85. The van der Waals surface area contributed by atoms with E-state index in [1.165, 1.54) is 6.07 Å². The Balaban J connectivity index is 2.18. The summed E-state index contributed by atoms with van der Waals surface area (Å²) in [6, 6.07) is 8.62. The third-order valence-electron chi connectivity index (χ3n) is 2.51. The maximum absolute atomic E-state index is 13.5. The number of thiophene rings is 1. The third kappa shape index (κ3) is 3.15. The number of aliphatic hydroxyl groups excluding tert-OH is 1. The molecule has 1 atom stereocenters. The second kappa shape index (κ2) is 5.29. The van der Waals surface area contributed by atoms with Crippen LogP contribution in [-0.2, 0) is 6.42 Å². The van der Waals surface area contributed by atoms with Gasteiger partial charge < -0.3 is 5.11 Å². The van der Waals surface area contributed by atoms with Crippen LogP contribution in [0.2, 0.25) is 0 Å². The molecule has 4 heteroatoms. The highest BCUT2D eigenvalue weighted by molar-refractivity contribution is 9.10. The van der Waals surface area contributed by atoms with Crippen LogP contribution in [0.3, 0.4) is 0 Å². The van der Waals surface area contributed by atoms with Crippen LogP contribution in [-0.4, -0.2) is 5.11 Å². The van der Waals surface area contributed by atoms with E-state index in [9.17, 15) is 9.50 Å². The van der Waals surface area contributed by atoms with Crippen LogP contribution in [0.5, 0.6) is 0 Å². The van der Waals surface area contributed by atoms with Crippen LogP contribution in [0.25, 0.3) is 0 Å². The Labute approximate surface area is 112 Å². The maximum atomic E-state index is 13.5. The van der Waals surface area contributed by atoms with Gasteiger partial charge in [0.25, 0.3) is 0 Å². The number of rotatable bonds is 3. The molecule has 1 unspecified atom stereocenters. The number of hydrogen-bond donors (Lipinski definition) is 1. The van der Waals surface area contributed by atoms with E-state index >= 15 is 0 Å². The van der Waals surface area contributed by atoms with E-state index in [-0.39, 0.29) is 5.82 Å². The highest BCUT2D eigenvalue weighted by Gasteiger charge is 2.13. The Hall–Kier alpha value is -0.710. The van der Waals surface area contributed by atoms with Gasteiger partial charge in [-0.3, -0.25) is 0 Å². The number of benzene rings is 1. The highest BCUT2D eigenvalue weighted by atomic mass is 79.9. The first kappa shape index (κ1) is 12.7. The molecule has 0 bridgehead atoms. The second-order valence-corrected chi connectivity index (χ2v) is 6.14. The van der Waals surface area contributed by atoms with E-state index in [0.717, 1.165) is 14.2 Å². The molecule has 2 aromatic rings. The smallest absolute Gasteiger partial charge is 0.126 e. The summed E-state index contributed by atoms with van der Waals surface area (Å²) in [7, 11) is 0. The second-order valence-electron chi connectivity index (χ2n) is 3.90. The molecule has 0 aliphatic carbocycles. The van der Waals surface area contributed by atoms with Gasteiger partial charge in [-0.05, 0) is 42.8 Å². The molecule has 1 heterocycles. The van der Waals surface area contributed by atoms with Crippen molar-refractivity contribution in [2.24, 2.45) is 0 Å². The van der Waals surface area contributed by atoms with Gasteiger partial charge in [0.05, 0.1) is 6.10 Å². The van der Waals surface area contributed by atoms with Crippen LogP contribution < -0.4 is 0 Å². The van der Waals surface area contributed by atoms with Crippen molar-refractivity contribution in [3.63, 3.8) is 0 Å². The van der Waals surface area contributed by atoms with E-state index in [4.69, 9.17) is 0 Å². The van der Waals surface area contributed by atoms with E-state index in [2.05, 4.69) is 15.9 Å². The fourth-order valence-corrected chi connectivity index (χ4v) is 2.91. The summed E-state index contributed by atoms with van der Waals surface area (Å²) in [5.74, 6) is -0.277. The van der Waals surface area contributed by atoms with Gasteiger partial charge in [-0.2, -0.15) is 0 Å². The largest absolute Gasteiger partial charge is 0.387 e. The van der Waals surface area contributed by atoms with E-state index < -0.39 is 6.10 Å². The molecule has 0 fully saturated rings. The first-order chi connectivity index (χ1) is 8.06. The topological polar surface area (TPSA) is 20.2 Å². The van der Waals surface area contributed by atoms with Gasteiger partial charge in [-0.15, -0.1) is 11.3 Å². The van der Waals surface area contributed by atoms with Gasteiger partial charge in [0.15, 0.2) is 0 Å². The van der Waals surface area contributed by atoms with Crippen molar-refractivity contribution in [3.05, 3.63) is 55.9 Å². The van der Waals surface area contributed by atoms with Gasteiger partial charge in [-0.25, -0.2) is 4.39 Å². The number of aliphatic hydroxyl groups is 1. The molecule has 0 aliphatic heterocycles. The zero-order chi connectivity index (χ0) is 12.4. The molecule has 0 aliphatic rings. The summed E-state index contributed by atoms with van der Waals surface area (Å²) < 4.78 is 14.3. The van der Waals surface area contributed by atoms with E-state index in [1.54, 1.807) is 23.5 Å². The molecular formula is C13H12BrFOS. The molecular weight excluding hydrogens is 303 g/mol. The van der Waals surface area contributed by atoms with Crippen LogP contribution in [0, 0.1) is 12.7 Å². The molecule has 1 aromatic carbocycles. The summed E-state index contributed by atoms with van der Waals surface area (Å²) in [6.07, 6.45) is -0.344. The Morgan fingerprint density at radius 1 is 1.35 bits per heavy atom. The third-order valence-corrected chi connectivity index (χ3v) is 4.11. The molecule has 0 spiro atoms. The van der Waals surface area contributed by atoms with Gasteiger partial charge in [0.2, 0.25) is 0 Å². The molecule has 0 saturated carbocycles. The molecule has 0 saturated heterocycles. The normalized spacial score (nSPS) is 12.7. The lowest BCUT2D eigenvalue weighted by Gasteiger charge is -2.09. The average molecular weight is 315 g/mol. The zero-order valence-corrected chi connectivity index (χ0v) is 11.7. The fourth-order valence-electron chi connectivity index (χ4n) is 1.64. The van der Waals surface area contributed by atoms with Gasteiger partial charge in [0, 0.05) is 20.6 Å². The Morgan fingerprint density at radius 2 is 2.12 bits per heavy atom. The van der Waals surface area contributed by atoms with Gasteiger partial charge in [-0.1, -0.05) is 15.9 Å². The minimum Gasteiger partial charge on any atom is -0.387 e. The summed E-state index contributed by atoms with van der Waals surface area (Å²) in [5.41, 5.74) is 0.526. The van der Waals surface area contributed by atoms with Crippen molar-refractivity contribution < 1.29 is 9.50 Å². The Bertz CT molecular complexity index is 524. The predicted molar refractivity (Wildman–Crippen MR) is 71.8 cm³/mol. The van der Waals surface area contributed by atoms with Crippen LogP contribution in [0.4, 0.5) is 4.39 Å². The van der Waals surface area contributed by atoms with Crippen molar-refractivity contribution in [3.8, 4) is 0 Å². The quantitative estimate of drug-likeness (QED) is 0.898. The Kier molecular flexibility index (Phi) is 3.97. The van der Waals surface area contributed by atoms with Crippen LogP contribution >= 0.6 is 27.3 Å². The lowest BCUT2D eigenvalue weighted by Crippen LogP contribution is -2.01. The molecule has 90 valence electrons. The monoisotopic (exact) mass is 314 g/mol. The van der Waals surface area contributed by atoms with Gasteiger partial charge in [0.1, 0.15) is 5.82 Å². The lowest BCUT2D eigenvalue weighted by molar-refractivity contribution is 0.181. The van der Waals surface area contributed by atoms with Crippen molar-refractivity contribution in [2.75, 3.05) is 0 Å². The van der Waals surface area contributed by atoms with E-state index in [1.807, 2.05) is 19.1 Å². The zero-order valence-electron chi connectivity index (χ0n) is 9.28. The van der Waals surface area contributed by atoms with Crippen molar-refractivity contribution in [1.82, 2.24) is 0 Å². The average Bonchev–Trinajstić information content (AvgIpc) is 2.70. The molecule has 17 heavy (non-hydrogen) atoms. The standard InChI is InChI=1S/C13H12BrFOS/c1-8-2-5-13(17-8)12(16)7-9-6-10(14)3-4-11(9)15/h2-6,12,16H,7H2,1H3. The summed E-state index contributed by atoms with van der Waals surface area (Å²) >= 11 is 4.84. The molecule has 0 amide bonds. The highest BCUT2D eigenvalue weighted by Crippen LogP contribution is 2.27. The lowest BCUT2D eigenvalue weighted by atomic mass is 10.1. The van der Waals surface area contributed by atoms with Crippen LogP contribution in [0.1, 0.15) is 21.4 Å². The molecule has 1 nitrogen and oxygen atoms in total. The molecule has 0 radical (unpaired) electrons. The number of hydrogen-bond acceptors (Lipinski definition) is 2. The van der Waals surface area contributed by atoms with Crippen molar-refractivity contribution in [2.45, 2.75) is 19.4 Å². The molecule has 1 N–H and O–H groups in total. The first-order valence-electron chi connectivity index (χ1n) is 5.24. The van der Waals surface area contributed by atoms with Gasteiger partial charge >= 0.3 is 0 Å². The maximum Gasteiger partial charge on any atom is 0.126 e. The molecule has 1 aromatic heterocycles. The fraction of sp³-hybridized carbons (Fsp3) is 0.231. The van der Waals surface area contributed by atoms with Crippen molar-refractivity contribution in [1.29, 1.82) is 0 Å². The predicted octanol–water partition coefficient (Wildman–Crippen LogP) is 4.23. The number of halogens is 2. The minimum atomic E-state index is -0.641. The molecule has 2 rings (SSSR count). The van der Waals surface area contributed by atoms with Crippen LogP contribution in [0.15, 0.2) is 34.8 Å². The number of aryl methyl sites for hydroxylation is 1. The summed E-state index contributed by atoms with van der Waals surface area (Å²) in [6.45, 7) is 1.99. The van der Waals surface area contributed by atoms with E-state index in [0.29, 0.717) is 12.0 Å². The Morgan fingerprint density at radius 3 is 2.76 bits per heavy atom. The minimum absolute atomic E-state index is 0.277.